The summed E-state index contributed by atoms with van der Waals surface area (Å²) in [5.41, 5.74) is 4.26. The van der Waals surface area contributed by atoms with Crippen LogP contribution in [0.2, 0.25) is 0 Å². The summed E-state index contributed by atoms with van der Waals surface area (Å²) in [5, 5.41) is 15.7. The number of nitrogens with zero attached hydrogens (tertiary/aromatic N) is 3. The van der Waals surface area contributed by atoms with Gasteiger partial charge in [0.25, 0.3) is 0 Å². The third-order valence-electron chi connectivity index (χ3n) is 6.28. The van der Waals surface area contributed by atoms with Crippen molar-refractivity contribution in [3.8, 4) is 17.3 Å². The van der Waals surface area contributed by atoms with Crippen LogP contribution in [0.15, 0.2) is 54.6 Å². The average Bonchev–Trinajstić information content (AvgIpc) is 3.60. The molecule has 6 nitrogen and oxygen atoms in total. The normalized spacial score (nSPS) is 14.6. The predicted molar refractivity (Wildman–Crippen MR) is 139 cm³/mol. The summed E-state index contributed by atoms with van der Waals surface area (Å²) >= 11 is 0. The van der Waals surface area contributed by atoms with Crippen LogP contribution in [-0.2, 0) is 17.7 Å². The van der Waals surface area contributed by atoms with Crippen LogP contribution in [0.3, 0.4) is 0 Å². The first-order chi connectivity index (χ1) is 16.9. The number of hydrogen-bond acceptors (Lipinski definition) is 5. The van der Waals surface area contributed by atoms with Gasteiger partial charge in [-0.15, -0.1) is 0 Å². The van der Waals surface area contributed by atoms with E-state index >= 15 is 0 Å². The first-order valence-corrected chi connectivity index (χ1v) is 12.9. The first-order valence-electron chi connectivity index (χ1n) is 12.9. The summed E-state index contributed by atoms with van der Waals surface area (Å²) in [4.78, 5) is 2.35. The van der Waals surface area contributed by atoms with E-state index in [1.165, 1.54) is 18.4 Å². The lowest BCUT2D eigenvalue weighted by Crippen LogP contribution is -2.36. The van der Waals surface area contributed by atoms with Crippen molar-refractivity contribution in [2.24, 2.45) is 5.92 Å². The molecule has 1 aliphatic carbocycles. The van der Waals surface area contributed by atoms with Crippen LogP contribution >= 0.6 is 0 Å². The summed E-state index contributed by atoms with van der Waals surface area (Å²) in [5.74, 6) is 2.23. The summed E-state index contributed by atoms with van der Waals surface area (Å²) < 4.78 is 14.1. The molecule has 1 fully saturated rings. The molecule has 0 bridgehead atoms. The summed E-state index contributed by atoms with van der Waals surface area (Å²) in [6.07, 6.45) is 2.88. The molecule has 1 heterocycles. The summed E-state index contributed by atoms with van der Waals surface area (Å²) in [7, 11) is 0. The van der Waals surface area contributed by atoms with Crippen molar-refractivity contribution in [1.29, 1.82) is 0 Å². The third-order valence-corrected chi connectivity index (χ3v) is 6.28. The number of aliphatic hydroxyl groups excluding tert-OH is 1. The van der Waals surface area contributed by atoms with Crippen LogP contribution in [-0.4, -0.2) is 51.7 Å². The van der Waals surface area contributed by atoms with E-state index < -0.39 is 6.10 Å². The van der Waals surface area contributed by atoms with Crippen LogP contribution in [0.1, 0.15) is 50.4 Å². The molecular weight excluding hydrogens is 438 g/mol. The maximum absolute atomic E-state index is 10.7. The fourth-order valence-electron chi connectivity index (χ4n) is 4.23. The zero-order valence-corrected chi connectivity index (χ0v) is 21.5. The van der Waals surface area contributed by atoms with E-state index in [2.05, 4.69) is 30.9 Å². The molecule has 1 aromatic heterocycles. The van der Waals surface area contributed by atoms with Gasteiger partial charge >= 0.3 is 0 Å². The van der Waals surface area contributed by atoms with Crippen LogP contribution in [0.5, 0.6) is 11.6 Å². The van der Waals surface area contributed by atoms with Gasteiger partial charge in [0.05, 0.1) is 35.8 Å². The highest BCUT2D eigenvalue weighted by molar-refractivity contribution is 5.44. The van der Waals surface area contributed by atoms with Crippen molar-refractivity contribution in [3.63, 3.8) is 0 Å². The van der Waals surface area contributed by atoms with Gasteiger partial charge in [0.1, 0.15) is 5.75 Å². The third kappa shape index (κ3) is 7.17. The number of hydrogen-bond donors (Lipinski definition) is 1. The number of ether oxygens (including phenoxy) is 2. The van der Waals surface area contributed by atoms with Gasteiger partial charge < -0.3 is 14.6 Å². The molecule has 3 aromatic rings. The summed E-state index contributed by atoms with van der Waals surface area (Å²) in [6, 6.07) is 18.3. The molecule has 1 unspecified atom stereocenters. The molecule has 0 saturated heterocycles. The molecule has 0 amide bonds. The molecule has 0 aliphatic heterocycles. The Morgan fingerprint density at radius 3 is 2.43 bits per heavy atom. The Kier molecular flexibility index (Phi) is 8.60. The molecule has 35 heavy (non-hydrogen) atoms. The zero-order valence-electron chi connectivity index (χ0n) is 21.5. The molecule has 1 N–H and O–H groups in total. The lowest BCUT2D eigenvalue weighted by atomic mass is 10.1. The minimum Gasteiger partial charge on any atom is -0.439 e. The molecule has 6 heteroatoms. The molecule has 0 radical (unpaired) electrons. The van der Waals surface area contributed by atoms with E-state index in [9.17, 15) is 5.11 Å². The van der Waals surface area contributed by atoms with Gasteiger partial charge in [0.15, 0.2) is 0 Å². The Labute approximate surface area is 209 Å². The van der Waals surface area contributed by atoms with E-state index in [-0.39, 0.29) is 6.10 Å². The number of para-hydroxylation sites is 1. The Morgan fingerprint density at radius 2 is 1.80 bits per heavy atom. The lowest BCUT2D eigenvalue weighted by molar-refractivity contribution is -0.0101. The topological polar surface area (TPSA) is 59.8 Å². The molecule has 0 spiro atoms. The second-order valence-electron chi connectivity index (χ2n) is 9.92. The fourth-order valence-corrected chi connectivity index (χ4v) is 4.23. The van der Waals surface area contributed by atoms with Gasteiger partial charge in [-0.05, 0) is 70.2 Å². The Morgan fingerprint density at radius 1 is 1.09 bits per heavy atom. The van der Waals surface area contributed by atoms with Crippen molar-refractivity contribution in [3.05, 3.63) is 71.4 Å². The van der Waals surface area contributed by atoms with Gasteiger partial charge in [0.2, 0.25) is 5.88 Å². The second kappa shape index (κ2) is 11.8. The van der Waals surface area contributed by atoms with Crippen molar-refractivity contribution < 1.29 is 14.6 Å². The fraction of sp³-hybridized carbons (Fsp3) is 0.483. The largest absolute Gasteiger partial charge is 0.439 e. The van der Waals surface area contributed by atoms with Crippen LogP contribution in [0.25, 0.3) is 5.69 Å². The smallest absolute Gasteiger partial charge is 0.227 e. The van der Waals surface area contributed by atoms with E-state index in [0.717, 1.165) is 41.5 Å². The van der Waals surface area contributed by atoms with E-state index in [1.807, 2.05) is 61.0 Å². The number of aromatic nitrogens is 2. The molecular formula is C29H39N3O3. The first kappa shape index (κ1) is 25.4. The molecule has 1 atom stereocenters. The zero-order chi connectivity index (χ0) is 24.8. The Bertz CT molecular complexity index is 1060. The molecule has 188 valence electrons. The monoisotopic (exact) mass is 477 g/mol. The molecule has 1 saturated carbocycles. The number of aryl methyl sites for hydroxylation is 2. The quantitative estimate of drug-likeness (QED) is 0.351. The average molecular weight is 478 g/mol. The van der Waals surface area contributed by atoms with E-state index in [0.29, 0.717) is 25.6 Å². The maximum Gasteiger partial charge on any atom is 0.227 e. The van der Waals surface area contributed by atoms with Crippen molar-refractivity contribution in [2.45, 2.75) is 65.7 Å². The molecule has 2 aromatic carbocycles. The maximum atomic E-state index is 10.7. The standard InChI is InChI=1S/C29H39N3O3/c1-5-28-27(19-31(17-23-13-14-23)18-25(33)20-34-21(2)3)29(35-26-15-11-22(4)12-16-26)32(30-28)24-9-7-6-8-10-24/h6-12,15-16,21,23,25,33H,5,13-14,17-20H2,1-4H3. The highest BCUT2D eigenvalue weighted by Gasteiger charge is 2.28. The molecule has 1 aliphatic rings. The predicted octanol–water partition coefficient (Wildman–Crippen LogP) is 5.53. The van der Waals surface area contributed by atoms with Crippen molar-refractivity contribution in [1.82, 2.24) is 14.7 Å². The van der Waals surface area contributed by atoms with E-state index in [4.69, 9.17) is 14.6 Å². The van der Waals surface area contributed by atoms with E-state index in [1.54, 1.807) is 0 Å². The van der Waals surface area contributed by atoms with Crippen LogP contribution < -0.4 is 4.74 Å². The minimum absolute atomic E-state index is 0.104. The van der Waals surface area contributed by atoms with Crippen LogP contribution in [0.4, 0.5) is 0 Å². The van der Waals surface area contributed by atoms with Gasteiger partial charge in [-0.2, -0.15) is 5.10 Å². The van der Waals surface area contributed by atoms with Gasteiger partial charge in [-0.25, -0.2) is 4.68 Å². The summed E-state index contributed by atoms with van der Waals surface area (Å²) in [6.45, 7) is 10.7. The van der Waals surface area contributed by atoms with Crippen LogP contribution in [0, 0.1) is 12.8 Å². The number of aliphatic hydroxyl groups is 1. The van der Waals surface area contributed by atoms with Gasteiger partial charge in [0, 0.05) is 19.6 Å². The minimum atomic E-state index is -0.535. The number of benzene rings is 2. The van der Waals surface area contributed by atoms with Gasteiger partial charge in [-0.1, -0.05) is 42.8 Å². The lowest BCUT2D eigenvalue weighted by Gasteiger charge is -2.26. The Balaban J connectivity index is 1.66. The van der Waals surface area contributed by atoms with Crippen molar-refractivity contribution in [2.75, 3.05) is 19.7 Å². The van der Waals surface area contributed by atoms with Gasteiger partial charge in [-0.3, -0.25) is 4.90 Å². The highest BCUT2D eigenvalue weighted by Crippen LogP contribution is 2.34. The Hall–Kier alpha value is -2.67. The molecule has 4 rings (SSSR count). The van der Waals surface area contributed by atoms with Crippen molar-refractivity contribution >= 4 is 0 Å². The SMILES string of the molecule is CCc1nn(-c2ccccc2)c(Oc2ccc(C)cc2)c1CN(CC(O)COC(C)C)CC1CC1. The number of rotatable bonds is 13. The highest BCUT2D eigenvalue weighted by atomic mass is 16.5. The second-order valence-corrected chi connectivity index (χ2v) is 9.92.